The van der Waals surface area contributed by atoms with Crippen molar-refractivity contribution in [1.29, 1.82) is 0 Å². The number of carbonyl (C=O) groups is 1. The van der Waals surface area contributed by atoms with Crippen molar-refractivity contribution >= 4 is 51.9 Å². The summed E-state index contributed by atoms with van der Waals surface area (Å²) in [6, 6.07) is 19.4. The maximum absolute atomic E-state index is 12.4. The summed E-state index contributed by atoms with van der Waals surface area (Å²) < 4.78 is 2.05. The highest BCUT2D eigenvalue weighted by Gasteiger charge is 2.24. The van der Waals surface area contributed by atoms with E-state index in [9.17, 15) is 4.79 Å². The monoisotopic (exact) mass is 422 g/mol. The fraction of sp³-hybridized carbons (Fsp3) is 0.0909. The zero-order valence-corrected chi connectivity index (χ0v) is 17.5. The molecule has 5 nitrogen and oxygen atoms in total. The summed E-state index contributed by atoms with van der Waals surface area (Å²) in [5.41, 5.74) is 3.78. The molecule has 7 heteroatoms. The highest BCUT2D eigenvalue weighted by Crippen LogP contribution is 2.29. The zero-order chi connectivity index (χ0) is 20.4. The second-order valence-corrected chi connectivity index (χ2v) is 8.14. The lowest BCUT2D eigenvalue weighted by Gasteiger charge is -2.13. The Morgan fingerprint density at radius 1 is 1.10 bits per heavy atom. The van der Waals surface area contributed by atoms with Gasteiger partial charge < -0.3 is 14.8 Å². The number of carbonyl (C=O) groups excluding carboxylic acids is 1. The molecule has 0 bridgehead atoms. The second-order valence-electron chi connectivity index (χ2n) is 6.68. The van der Waals surface area contributed by atoms with Crippen molar-refractivity contribution in [2.45, 2.75) is 0 Å². The molecular weight excluding hydrogens is 404 g/mol. The van der Waals surface area contributed by atoms with Crippen molar-refractivity contribution in [2.24, 2.45) is 4.99 Å². The second kappa shape index (κ2) is 8.19. The first kappa shape index (κ1) is 19.4. The lowest BCUT2D eigenvalue weighted by molar-refractivity contribution is -0.115. The van der Waals surface area contributed by atoms with Crippen LogP contribution in [0, 0.1) is 0 Å². The number of hydrogen-bond donors (Lipinski definition) is 1. The molecule has 0 spiro atoms. The highest BCUT2D eigenvalue weighted by molar-refractivity contribution is 8.18. The van der Waals surface area contributed by atoms with Gasteiger partial charge in [0.05, 0.1) is 10.6 Å². The van der Waals surface area contributed by atoms with E-state index in [0.717, 1.165) is 17.1 Å². The van der Waals surface area contributed by atoms with Gasteiger partial charge in [-0.2, -0.15) is 0 Å². The van der Waals surface area contributed by atoms with Crippen LogP contribution in [-0.2, 0) is 4.79 Å². The van der Waals surface area contributed by atoms with Crippen molar-refractivity contribution in [3.05, 3.63) is 82.5 Å². The van der Waals surface area contributed by atoms with Gasteiger partial charge in [-0.1, -0.05) is 17.7 Å². The summed E-state index contributed by atoms with van der Waals surface area (Å²) in [5.74, 6) is -0.161. The van der Waals surface area contributed by atoms with Crippen LogP contribution in [0.1, 0.15) is 5.69 Å². The maximum Gasteiger partial charge on any atom is 0.264 e. The summed E-state index contributed by atoms with van der Waals surface area (Å²) >= 11 is 7.32. The maximum atomic E-state index is 12.4. The van der Waals surface area contributed by atoms with Gasteiger partial charge in [-0.15, -0.1) is 0 Å². The molecule has 1 amide bonds. The molecule has 4 rings (SSSR count). The number of thioether (sulfide) groups is 1. The molecule has 1 aliphatic rings. The van der Waals surface area contributed by atoms with E-state index in [-0.39, 0.29) is 5.91 Å². The van der Waals surface area contributed by atoms with Gasteiger partial charge in [0, 0.05) is 42.4 Å². The van der Waals surface area contributed by atoms with Gasteiger partial charge in [0.2, 0.25) is 0 Å². The number of rotatable bonds is 4. The summed E-state index contributed by atoms with van der Waals surface area (Å²) in [7, 11) is 4.03. The zero-order valence-electron chi connectivity index (χ0n) is 16.0. The van der Waals surface area contributed by atoms with E-state index in [1.165, 1.54) is 11.8 Å². The SMILES string of the molecule is CN(C)c1ccc(-n2cccc2/C=C2\SC(=Nc3cccc(Cl)c3)NC2=O)cc1. The van der Waals surface area contributed by atoms with Gasteiger partial charge >= 0.3 is 0 Å². The Labute approximate surface area is 178 Å². The van der Waals surface area contributed by atoms with E-state index in [1.807, 2.05) is 55.2 Å². The Balaban J connectivity index is 1.59. The van der Waals surface area contributed by atoms with E-state index in [0.29, 0.717) is 20.8 Å². The van der Waals surface area contributed by atoms with Gasteiger partial charge in [-0.05, 0) is 72.4 Å². The lowest BCUT2D eigenvalue weighted by atomic mass is 10.2. The molecule has 2 heterocycles. The van der Waals surface area contributed by atoms with Crippen molar-refractivity contribution in [1.82, 2.24) is 9.88 Å². The average molecular weight is 423 g/mol. The van der Waals surface area contributed by atoms with Gasteiger partial charge in [-0.25, -0.2) is 4.99 Å². The molecule has 1 aliphatic heterocycles. The molecule has 29 heavy (non-hydrogen) atoms. The third-order valence-corrected chi connectivity index (χ3v) is 5.54. The van der Waals surface area contributed by atoms with Crippen LogP contribution in [-0.4, -0.2) is 29.7 Å². The Morgan fingerprint density at radius 3 is 2.62 bits per heavy atom. The molecule has 1 aromatic heterocycles. The number of anilines is 1. The fourth-order valence-corrected chi connectivity index (χ4v) is 3.95. The Morgan fingerprint density at radius 2 is 1.90 bits per heavy atom. The summed E-state index contributed by atoms with van der Waals surface area (Å²) in [5, 5.41) is 3.96. The van der Waals surface area contributed by atoms with Crippen LogP contribution in [0.15, 0.2) is 76.8 Å². The third-order valence-electron chi connectivity index (χ3n) is 4.39. The van der Waals surface area contributed by atoms with Gasteiger partial charge in [0.15, 0.2) is 5.17 Å². The first-order chi connectivity index (χ1) is 14.0. The summed E-state index contributed by atoms with van der Waals surface area (Å²) in [6.07, 6.45) is 3.86. The van der Waals surface area contributed by atoms with Crippen LogP contribution in [0.4, 0.5) is 11.4 Å². The van der Waals surface area contributed by atoms with Crippen molar-refractivity contribution in [2.75, 3.05) is 19.0 Å². The summed E-state index contributed by atoms with van der Waals surface area (Å²) in [6.45, 7) is 0. The molecule has 1 fully saturated rings. The van der Waals surface area contributed by atoms with Gasteiger partial charge in [0.1, 0.15) is 0 Å². The van der Waals surface area contributed by atoms with Crippen LogP contribution in [0.3, 0.4) is 0 Å². The molecule has 0 saturated carbocycles. The predicted molar refractivity (Wildman–Crippen MR) is 122 cm³/mol. The number of nitrogens with zero attached hydrogens (tertiary/aromatic N) is 3. The minimum absolute atomic E-state index is 0.161. The number of hydrogen-bond acceptors (Lipinski definition) is 4. The van der Waals surface area contributed by atoms with Crippen LogP contribution >= 0.6 is 23.4 Å². The molecule has 0 atom stereocenters. The predicted octanol–water partition coefficient (Wildman–Crippen LogP) is 5.09. The standard InChI is InChI=1S/C22H19ClN4OS/c1-26(2)17-8-10-18(11-9-17)27-12-4-7-19(27)14-20-21(28)25-22(29-20)24-16-6-3-5-15(23)13-16/h3-14H,1-2H3,(H,24,25,28)/b20-14-. The molecule has 1 saturated heterocycles. The van der Waals surface area contributed by atoms with E-state index in [1.54, 1.807) is 12.1 Å². The molecule has 1 N–H and O–H groups in total. The quantitative estimate of drug-likeness (QED) is 0.596. The van der Waals surface area contributed by atoms with E-state index in [2.05, 4.69) is 39.5 Å². The number of benzene rings is 2. The minimum atomic E-state index is -0.161. The normalized spacial score (nSPS) is 16.4. The molecular formula is C22H19ClN4OS. The minimum Gasteiger partial charge on any atom is -0.378 e. The first-order valence-corrected chi connectivity index (χ1v) is 10.2. The smallest absolute Gasteiger partial charge is 0.264 e. The molecule has 2 aromatic carbocycles. The van der Waals surface area contributed by atoms with E-state index >= 15 is 0 Å². The number of nitrogens with one attached hydrogen (secondary N) is 1. The molecule has 0 unspecified atom stereocenters. The third kappa shape index (κ3) is 4.39. The fourth-order valence-electron chi connectivity index (χ4n) is 2.94. The van der Waals surface area contributed by atoms with E-state index in [4.69, 9.17) is 11.6 Å². The van der Waals surface area contributed by atoms with Crippen LogP contribution in [0.5, 0.6) is 0 Å². The van der Waals surface area contributed by atoms with Crippen LogP contribution in [0.25, 0.3) is 11.8 Å². The Hall–Kier alpha value is -2.96. The molecule has 0 radical (unpaired) electrons. The van der Waals surface area contributed by atoms with Crippen molar-refractivity contribution in [3.63, 3.8) is 0 Å². The molecule has 3 aromatic rings. The number of amidine groups is 1. The van der Waals surface area contributed by atoms with Crippen molar-refractivity contribution < 1.29 is 4.79 Å². The Kier molecular flexibility index (Phi) is 5.47. The lowest BCUT2D eigenvalue weighted by Crippen LogP contribution is -2.19. The molecule has 146 valence electrons. The average Bonchev–Trinajstić information content (AvgIpc) is 3.29. The number of aliphatic imine (C=N–C) groups is 1. The largest absolute Gasteiger partial charge is 0.378 e. The number of halogens is 1. The Bertz CT molecular complexity index is 1120. The highest BCUT2D eigenvalue weighted by atomic mass is 35.5. The van der Waals surface area contributed by atoms with Gasteiger partial charge in [0.25, 0.3) is 5.91 Å². The van der Waals surface area contributed by atoms with Crippen molar-refractivity contribution in [3.8, 4) is 5.69 Å². The number of amides is 1. The van der Waals surface area contributed by atoms with E-state index < -0.39 is 0 Å². The topological polar surface area (TPSA) is 49.6 Å². The summed E-state index contributed by atoms with van der Waals surface area (Å²) in [4.78, 5) is 19.5. The van der Waals surface area contributed by atoms with Gasteiger partial charge in [-0.3, -0.25) is 4.79 Å². The van der Waals surface area contributed by atoms with Crippen LogP contribution < -0.4 is 10.2 Å². The first-order valence-electron chi connectivity index (χ1n) is 9.00. The van der Waals surface area contributed by atoms with Crippen LogP contribution in [0.2, 0.25) is 5.02 Å². The molecule has 0 aliphatic carbocycles. The number of aromatic nitrogens is 1.